The average molecular weight is 263 g/mol. The summed E-state index contributed by atoms with van der Waals surface area (Å²) in [6, 6.07) is 5.35. The van der Waals surface area contributed by atoms with Gasteiger partial charge in [-0.05, 0) is 26.0 Å². The van der Waals surface area contributed by atoms with Gasteiger partial charge in [-0.1, -0.05) is 6.07 Å². The number of nitrogens with one attached hydrogen (secondary N) is 1. The van der Waals surface area contributed by atoms with E-state index in [-0.39, 0.29) is 5.69 Å². The molecule has 0 spiro atoms. The lowest BCUT2D eigenvalue weighted by molar-refractivity contribution is 0.0342. The van der Waals surface area contributed by atoms with Gasteiger partial charge in [-0.25, -0.2) is 9.78 Å². The molecule has 19 heavy (non-hydrogen) atoms. The standard InChI is InChI=1S/C13H17N3O3/c1-13(2,19-3)8-14-11-10(12(17)18)16-7-5-4-6-9(16)15-11/h4-7,14H,8H2,1-3H3,(H,17,18). The van der Waals surface area contributed by atoms with Gasteiger partial charge in [-0.2, -0.15) is 0 Å². The molecule has 0 radical (unpaired) electrons. The first-order valence-electron chi connectivity index (χ1n) is 5.94. The van der Waals surface area contributed by atoms with Crippen LogP contribution >= 0.6 is 0 Å². The predicted molar refractivity (Wildman–Crippen MR) is 71.7 cm³/mol. The highest BCUT2D eigenvalue weighted by atomic mass is 16.5. The van der Waals surface area contributed by atoms with E-state index in [1.807, 2.05) is 19.9 Å². The van der Waals surface area contributed by atoms with Gasteiger partial charge in [0.2, 0.25) is 0 Å². The lowest BCUT2D eigenvalue weighted by Gasteiger charge is -2.23. The van der Waals surface area contributed by atoms with E-state index in [0.717, 1.165) is 0 Å². The highest BCUT2D eigenvalue weighted by Gasteiger charge is 2.21. The van der Waals surface area contributed by atoms with E-state index in [9.17, 15) is 9.90 Å². The topological polar surface area (TPSA) is 75.9 Å². The number of aromatic nitrogens is 2. The van der Waals surface area contributed by atoms with Crippen LogP contribution in [0.5, 0.6) is 0 Å². The zero-order valence-corrected chi connectivity index (χ0v) is 11.2. The van der Waals surface area contributed by atoms with Crippen LogP contribution in [0.2, 0.25) is 0 Å². The first kappa shape index (κ1) is 13.4. The molecule has 0 amide bonds. The van der Waals surface area contributed by atoms with Crippen LogP contribution in [0.4, 0.5) is 5.82 Å². The third-order valence-corrected chi connectivity index (χ3v) is 2.97. The number of fused-ring (bicyclic) bond motifs is 1. The minimum atomic E-state index is -1.02. The monoisotopic (exact) mass is 263 g/mol. The molecule has 102 valence electrons. The van der Waals surface area contributed by atoms with Crippen LogP contribution in [-0.4, -0.2) is 39.7 Å². The molecule has 2 aromatic heterocycles. The maximum Gasteiger partial charge on any atom is 0.356 e. The van der Waals surface area contributed by atoms with Crippen molar-refractivity contribution in [1.82, 2.24) is 9.38 Å². The number of pyridine rings is 1. The molecule has 0 aromatic carbocycles. The number of hydrogen-bond donors (Lipinski definition) is 2. The Balaban J connectivity index is 2.37. The number of methoxy groups -OCH3 is 1. The van der Waals surface area contributed by atoms with Crippen molar-refractivity contribution in [3.63, 3.8) is 0 Å². The molecule has 0 aliphatic carbocycles. The summed E-state index contributed by atoms with van der Waals surface area (Å²) >= 11 is 0. The Bertz CT molecular complexity index is 604. The second-order valence-electron chi connectivity index (χ2n) is 4.86. The van der Waals surface area contributed by atoms with E-state index < -0.39 is 11.6 Å². The van der Waals surface area contributed by atoms with Crippen LogP contribution in [-0.2, 0) is 4.74 Å². The van der Waals surface area contributed by atoms with E-state index in [0.29, 0.717) is 18.0 Å². The average Bonchev–Trinajstić information content (AvgIpc) is 2.75. The molecule has 6 nitrogen and oxygen atoms in total. The van der Waals surface area contributed by atoms with Gasteiger partial charge in [0.1, 0.15) is 5.65 Å². The molecule has 0 atom stereocenters. The van der Waals surface area contributed by atoms with Crippen LogP contribution in [0.1, 0.15) is 24.3 Å². The Hall–Kier alpha value is -2.08. The lowest BCUT2D eigenvalue weighted by Crippen LogP contribution is -2.32. The van der Waals surface area contributed by atoms with Crippen molar-refractivity contribution in [2.24, 2.45) is 0 Å². The van der Waals surface area contributed by atoms with Crippen molar-refractivity contribution in [2.75, 3.05) is 19.0 Å². The fourth-order valence-corrected chi connectivity index (χ4v) is 1.69. The van der Waals surface area contributed by atoms with Crippen molar-refractivity contribution in [1.29, 1.82) is 0 Å². The van der Waals surface area contributed by atoms with E-state index in [1.165, 1.54) is 0 Å². The number of carboxylic acids is 1. The van der Waals surface area contributed by atoms with Gasteiger partial charge in [-0.15, -0.1) is 0 Å². The summed E-state index contributed by atoms with van der Waals surface area (Å²) in [5.41, 5.74) is 0.325. The molecular weight excluding hydrogens is 246 g/mol. The zero-order valence-electron chi connectivity index (χ0n) is 11.2. The van der Waals surface area contributed by atoms with Gasteiger partial charge < -0.3 is 15.2 Å². The summed E-state index contributed by atoms with van der Waals surface area (Å²) in [4.78, 5) is 15.6. The minimum absolute atomic E-state index is 0.127. The number of ether oxygens (including phenoxy) is 1. The smallest absolute Gasteiger partial charge is 0.356 e. The number of aromatic carboxylic acids is 1. The SMILES string of the molecule is COC(C)(C)CNc1nc2ccccn2c1C(=O)O. The normalized spacial score (nSPS) is 11.7. The van der Waals surface area contributed by atoms with Gasteiger partial charge in [0, 0.05) is 19.9 Å². The largest absolute Gasteiger partial charge is 0.476 e. The molecule has 0 bridgehead atoms. The van der Waals surface area contributed by atoms with Gasteiger partial charge in [0.05, 0.1) is 5.60 Å². The first-order chi connectivity index (χ1) is 8.94. The van der Waals surface area contributed by atoms with Gasteiger partial charge in [0.25, 0.3) is 0 Å². The quantitative estimate of drug-likeness (QED) is 0.861. The fraction of sp³-hybridized carbons (Fsp3) is 0.385. The molecule has 0 saturated carbocycles. The zero-order chi connectivity index (χ0) is 14.0. The Morgan fingerprint density at radius 2 is 2.26 bits per heavy atom. The van der Waals surface area contributed by atoms with Gasteiger partial charge >= 0.3 is 5.97 Å². The highest BCUT2D eigenvalue weighted by Crippen LogP contribution is 2.19. The third kappa shape index (κ3) is 2.68. The Kier molecular flexibility index (Phi) is 3.44. The van der Waals surface area contributed by atoms with Gasteiger partial charge in [-0.3, -0.25) is 4.40 Å². The summed E-state index contributed by atoms with van der Waals surface area (Å²) in [5.74, 6) is -0.666. The third-order valence-electron chi connectivity index (χ3n) is 2.97. The molecule has 0 unspecified atom stereocenters. The van der Waals surface area contributed by atoms with E-state index in [4.69, 9.17) is 4.74 Å². The van der Waals surface area contributed by atoms with E-state index in [2.05, 4.69) is 10.3 Å². The summed E-state index contributed by atoms with van der Waals surface area (Å²) in [6.07, 6.45) is 1.68. The summed E-state index contributed by atoms with van der Waals surface area (Å²) in [6.45, 7) is 4.29. The van der Waals surface area contributed by atoms with Gasteiger partial charge in [0.15, 0.2) is 11.5 Å². The van der Waals surface area contributed by atoms with Crippen LogP contribution in [0.15, 0.2) is 24.4 Å². The van der Waals surface area contributed by atoms with Crippen molar-refractivity contribution < 1.29 is 14.6 Å². The molecule has 2 N–H and O–H groups in total. The fourth-order valence-electron chi connectivity index (χ4n) is 1.69. The second-order valence-corrected chi connectivity index (χ2v) is 4.86. The number of rotatable bonds is 5. The molecular formula is C13H17N3O3. The number of anilines is 1. The molecule has 6 heteroatoms. The maximum absolute atomic E-state index is 11.4. The van der Waals surface area contributed by atoms with Crippen molar-refractivity contribution in [2.45, 2.75) is 19.4 Å². The minimum Gasteiger partial charge on any atom is -0.476 e. The summed E-state index contributed by atoms with van der Waals surface area (Å²) < 4.78 is 6.84. The van der Waals surface area contributed by atoms with Crippen LogP contribution in [0.25, 0.3) is 5.65 Å². The lowest BCUT2D eigenvalue weighted by atomic mass is 10.1. The molecule has 2 rings (SSSR count). The predicted octanol–water partition coefficient (Wildman–Crippen LogP) is 1.87. The molecule has 2 heterocycles. The molecule has 0 fully saturated rings. The molecule has 0 aliphatic heterocycles. The number of carbonyl (C=O) groups is 1. The van der Waals surface area contributed by atoms with E-state index >= 15 is 0 Å². The van der Waals surface area contributed by atoms with Crippen molar-refractivity contribution in [3.05, 3.63) is 30.1 Å². The van der Waals surface area contributed by atoms with Crippen molar-refractivity contribution in [3.8, 4) is 0 Å². The molecule has 0 aliphatic rings. The number of nitrogens with zero attached hydrogens (tertiary/aromatic N) is 2. The Labute approximate surface area is 111 Å². The molecule has 2 aromatic rings. The molecule has 0 saturated heterocycles. The summed E-state index contributed by atoms with van der Waals surface area (Å²) in [5, 5.41) is 12.3. The Morgan fingerprint density at radius 1 is 1.53 bits per heavy atom. The second kappa shape index (κ2) is 4.89. The summed E-state index contributed by atoms with van der Waals surface area (Å²) in [7, 11) is 1.61. The number of imidazole rings is 1. The maximum atomic E-state index is 11.4. The van der Waals surface area contributed by atoms with Crippen LogP contribution in [0.3, 0.4) is 0 Å². The van der Waals surface area contributed by atoms with Crippen LogP contribution in [0, 0.1) is 0 Å². The number of hydrogen-bond acceptors (Lipinski definition) is 4. The Morgan fingerprint density at radius 3 is 2.89 bits per heavy atom. The van der Waals surface area contributed by atoms with E-state index in [1.54, 1.807) is 29.8 Å². The first-order valence-corrected chi connectivity index (χ1v) is 5.94. The number of carboxylic acid groups (broad SMARTS) is 1. The highest BCUT2D eigenvalue weighted by molar-refractivity contribution is 5.92. The van der Waals surface area contributed by atoms with Crippen LogP contribution < -0.4 is 5.32 Å². The van der Waals surface area contributed by atoms with Crippen molar-refractivity contribution >= 4 is 17.4 Å².